The van der Waals surface area contributed by atoms with Crippen molar-refractivity contribution in [1.29, 1.82) is 0 Å². The molecule has 1 atom stereocenters. The molecule has 0 radical (unpaired) electrons. The van der Waals surface area contributed by atoms with Gasteiger partial charge in [0.05, 0.1) is 32.8 Å². The standard InChI is InChI=1S/C19H31N3O3/c1-15(20-14-19(2,3)22-9-11-25-12-10-22)13-18(23)21-16-5-7-17(24-4)8-6-16/h5-8,15,20H,9-14H2,1-4H3,(H,21,23)/p+2/t15-/m0/s1. The molecule has 0 saturated carbocycles. The molecule has 0 unspecified atom stereocenters. The van der Waals surface area contributed by atoms with E-state index in [9.17, 15) is 4.79 Å². The molecule has 1 aliphatic heterocycles. The number of nitrogens with one attached hydrogen (secondary N) is 2. The number of carbonyl (C=O) groups excluding carboxylic acids is 1. The van der Waals surface area contributed by atoms with Crippen LogP contribution in [0, 0.1) is 0 Å². The van der Waals surface area contributed by atoms with Crippen molar-refractivity contribution in [2.24, 2.45) is 0 Å². The summed E-state index contributed by atoms with van der Waals surface area (Å²) in [5, 5.41) is 5.24. The summed E-state index contributed by atoms with van der Waals surface area (Å²) in [6.45, 7) is 11.5. The first-order chi connectivity index (χ1) is 11.9. The van der Waals surface area contributed by atoms with Gasteiger partial charge >= 0.3 is 0 Å². The Bertz CT molecular complexity index is 539. The van der Waals surface area contributed by atoms with Gasteiger partial charge in [-0.2, -0.15) is 0 Å². The summed E-state index contributed by atoms with van der Waals surface area (Å²) in [6, 6.07) is 7.65. The zero-order valence-corrected chi connectivity index (χ0v) is 15.9. The number of carbonyl (C=O) groups is 1. The summed E-state index contributed by atoms with van der Waals surface area (Å²) in [4.78, 5) is 13.8. The number of hydrogen-bond acceptors (Lipinski definition) is 3. The van der Waals surface area contributed by atoms with Gasteiger partial charge in [-0.05, 0) is 45.0 Å². The van der Waals surface area contributed by atoms with E-state index in [2.05, 4.69) is 31.4 Å². The summed E-state index contributed by atoms with van der Waals surface area (Å²) >= 11 is 0. The highest BCUT2D eigenvalue weighted by molar-refractivity contribution is 5.90. The van der Waals surface area contributed by atoms with E-state index in [0.717, 1.165) is 44.3 Å². The van der Waals surface area contributed by atoms with Crippen molar-refractivity contribution in [2.45, 2.75) is 38.8 Å². The number of methoxy groups -OCH3 is 1. The number of benzene rings is 1. The van der Waals surface area contributed by atoms with Crippen LogP contribution in [0.1, 0.15) is 27.2 Å². The van der Waals surface area contributed by atoms with Crippen molar-refractivity contribution < 1.29 is 24.5 Å². The summed E-state index contributed by atoms with van der Waals surface area (Å²) < 4.78 is 10.6. The lowest BCUT2D eigenvalue weighted by atomic mass is 10.0. The van der Waals surface area contributed by atoms with Crippen LogP contribution in [-0.2, 0) is 9.53 Å². The molecular formula is C19H33N3O3+2. The van der Waals surface area contributed by atoms with Gasteiger partial charge in [0.1, 0.15) is 30.9 Å². The minimum atomic E-state index is 0.0467. The second-order valence-corrected chi connectivity index (χ2v) is 7.50. The summed E-state index contributed by atoms with van der Waals surface area (Å²) in [5.74, 6) is 0.831. The van der Waals surface area contributed by atoms with Gasteiger partial charge in [0.2, 0.25) is 5.91 Å². The van der Waals surface area contributed by atoms with Crippen molar-refractivity contribution in [1.82, 2.24) is 0 Å². The number of amides is 1. The number of morpholine rings is 1. The summed E-state index contributed by atoms with van der Waals surface area (Å²) in [5.41, 5.74) is 0.987. The monoisotopic (exact) mass is 351 g/mol. The smallest absolute Gasteiger partial charge is 0.230 e. The number of ether oxygens (including phenoxy) is 2. The third kappa shape index (κ3) is 6.30. The Morgan fingerprint density at radius 2 is 1.96 bits per heavy atom. The fourth-order valence-electron chi connectivity index (χ4n) is 3.20. The Kier molecular flexibility index (Phi) is 7.23. The van der Waals surface area contributed by atoms with Gasteiger partial charge in [0, 0.05) is 5.69 Å². The average molecular weight is 351 g/mol. The first-order valence-electron chi connectivity index (χ1n) is 9.11. The predicted octanol–water partition coefficient (Wildman–Crippen LogP) is -0.331. The second kappa shape index (κ2) is 9.17. The Labute approximate surface area is 150 Å². The highest BCUT2D eigenvalue weighted by Gasteiger charge is 2.34. The third-order valence-electron chi connectivity index (χ3n) is 4.97. The minimum Gasteiger partial charge on any atom is -0.497 e. The van der Waals surface area contributed by atoms with Crippen LogP contribution in [0.5, 0.6) is 5.75 Å². The highest BCUT2D eigenvalue weighted by Crippen LogP contribution is 2.15. The molecule has 1 aromatic rings. The molecule has 0 aromatic heterocycles. The molecule has 4 N–H and O–H groups in total. The SMILES string of the molecule is COc1ccc(NC(=O)C[C@H](C)[NH2+]CC(C)(C)[NH+]2CCOCC2)cc1. The molecule has 1 heterocycles. The van der Waals surface area contributed by atoms with Crippen LogP contribution in [0.3, 0.4) is 0 Å². The molecule has 140 valence electrons. The Balaban J connectivity index is 1.74. The zero-order valence-electron chi connectivity index (χ0n) is 15.9. The maximum absolute atomic E-state index is 12.2. The van der Waals surface area contributed by atoms with E-state index in [1.807, 2.05) is 24.3 Å². The number of rotatable bonds is 8. The lowest BCUT2D eigenvalue weighted by molar-refractivity contribution is -0.969. The van der Waals surface area contributed by atoms with Crippen LogP contribution in [-0.4, -0.2) is 57.4 Å². The maximum atomic E-state index is 12.2. The highest BCUT2D eigenvalue weighted by atomic mass is 16.5. The average Bonchev–Trinajstić information content (AvgIpc) is 2.61. The summed E-state index contributed by atoms with van der Waals surface area (Å²) in [6.07, 6.45) is 0.501. The number of quaternary nitrogens is 2. The molecule has 2 rings (SSSR count). The second-order valence-electron chi connectivity index (χ2n) is 7.50. The molecule has 1 aliphatic rings. The lowest BCUT2D eigenvalue weighted by Gasteiger charge is -2.36. The first kappa shape index (κ1) is 19.7. The van der Waals surface area contributed by atoms with E-state index in [4.69, 9.17) is 9.47 Å². The van der Waals surface area contributed by atoms with Crippen LogP contribution in [0.25, 0.3) is 0 Å². The molecule has 25 heavy (non-hydrogen) atoms. The molecule has 0 bridgehead atoms. The topological polar surface area (TPSA) is 68.6 Å². The molecular weight excluding hydrogens is 318 g/mol. The van der Waals surface area contributed by atoms with E-state index in [1.165, 1.54) is 0 Å². The van der Waals surface area contributed by atoms with Crippen LogP contribution < -0.4 is 20.3 Å². The number of anilines is 1. The summed E-state index contributed by atoms with van der Waals surface area (Å²) in [7, 11) is 1.63. The van der Waals surface area contributed by atoms with E-state index in [-0.39, 0.29) is 17.5 Å². The van der Waals surface area contributed by atoms with E-state index in [0.29, 0.717) is 6.42 Å². The molecule has 1 aromatic carbocycles. The van der Waals surface area contributed by atoms with Crippen molar-refractivity contribution in [3.8, 4) is 5.75 Å². The van der Waals surface area contributed by atoms with Gasteiger partial charge < -0.3 is 25.0 Å². The third-order valence-corrected chi connectivity index (χ3v) is 4.97. The van der Waals surface area contributed by atoms with Crippen molar-refractivity contribution in [3.63, 3.8) is 0 Å². The fourth-order valence-corrected chi connectivity index (χ4v) is 3.20. The van der Waals surface area contributed by atoms with Gasteiger partial charge in [-0.15, -0.1) is 0 Å². The van der Waals surface area contributed by atoms with Crippen molar-refractivity contribution >= 4 is 11.6 Å². The van der Waals surface area contributed by atoms with E-state index < -0.39 is 0 Å². The molecule has 1 saturated heterocycles. The minimum absolute atomic E-state index is 0.0467. The van der Waals surface area contributed by atoms with Gasteiger partial charge in [0.25, 0.3) is 0 Å². The predicted molar refractivity (Wildman–Crippen MR) is 98.1 cm³/mol. The van der Waals surface area contributed by atoms with Crippen LogP contribution in [0.2, 0.25) is 0 Å². The fraction of sp³-hybridized carbons (Fsp3) is 0.632. The molecule has 6 heteroatoms. The Hall–Kier alpha value is -1.63. The van der Waals surface area contributed by atoms with Crippen molar-refractivity contribution in [3.05, 3.63) is 24.3 Å². The molecule has 6 nitrogen and oxygen atoms in total. The largest absolute Gasteiger partial charge is 0.497 e. The maximum Gasteiger partial charge on any atom is 0.230 e. The Morgan fingerprint density at radius 1 is 1.32 bits per heavy atom. The lowest BCUT2D eigenvalue weighted by Crippen LogP contribution is -3.24. The Morgan fingerprint density at radius 3 is 2.56 bits per heavy atom. The molecule has 0 aliphatic carbocycles. The van der Waals surface area contributed by atoms with Gasteiger partial charge in [-0.3, -0.25) is 4.79 Å². The van der Waals surface area contributed by atoms with E-state index >= 15 is 0 Å². The number of hydrogen-bond donors (Lipinski definition) is 3. The van der Waals surface area contributed by atoms with Crippen LogP contribution in [0.15, 0.2) is 24.3 Å². The first-order valence-corrected chi connectivity index (χ1v) is 9.11. The quantitative estimate of drug-likeness (QED) is 0.601. The molecule has 0 spiro atoms. The van der Waals surface area contributed by atoms with Gasteiger partial charge in [-0.25, -0.2) is 0 Å². The zero-order chi connectivity index (χ0) is 18.3. The van der Waals surface area contributed by atoms with Crippen molar-refractivity contribution in [2.75, 3.05) is 45.3 Å². The van der Waals surface area contributed by atoms with Crippen LogP contribution in [0.4, 0.5) is 5.69 Å². The van der Waals surface area contributed by atoms with Crippen LogP contribution >= 0.6 is 0 Å². The van der Waals surface area contributed by atoms with Gasteiger partial charge in [-0.1, -0.05) is 0 Å². The molecule has 1 fully saturated rings. The van der Waals surface area contributed by atoms with Gasteiger partial charge in [0.15, 0.2) is 0 Å². The number of nitrogens with two attached hydrogens (primary N) is 1. The normalized spacial score (nSPS) is 17.1. The van der Waals surface area contributed by atoms with E-state index in [1.54, 1.807) is 12.0 Å². The molecule has 1 amide bonds.